The third kappa shape index (κ3) is 3.00. The van der Waals surface area contributed by atoms with E-state index in [1.807, 2.05) is 24.3 Å². The summed E-state index contributed by atoms with van der Waals surface area (Å²) in [4.78, 5) is 4.95. The molecular weight excluding hydrogens is 360 g/mol. The summed E-state index contributed by atoms with van der Waals surface area (Å²) in [5.74, 6) is 0. The first-order valence-electron chi connectivity index (χ1n) is 8.04. The maximum Gasteiger partial charge on any atom is 0.0864 e. The summed E-state index contributed by atoms with van der Waals surface area (Å²) in [6.07, 6.45) is 0.835. The van der Waals surface area contributed by atoms with Crippen molar-refractivity contribution in [2.24, 2.45) is 4.99 Å². The fraction of sp³-hybridized carbons (Fsp3) is 0.0952. The van der Waals surface area contributed by atoms with E-state index in [9.17, 15) is 0 Å². The van der Waals surface area contributed by atoms with Gasteiger partial charge in [-0.3, -0.25) is 4.99 Å². The van der Waals surface area contributed by atoms with Crippen LogP contribution in [-0.2, 0) is 0 Å². The standard InChI is InChI=1S/C21H17BrN2/c22-17-11-5-4-10-16(17)21-14-20(15-8-2-1-3-9-15)23-18-12-6-7-13-19(18)24-21/h1-13,21,24H,14H2/t21-/m0/s1. The van der Waals surface area contributed by atoms with Crippen LogP contribution >= 0.6 is 15.9 Å². The summed E-state index contributed by atoms with van der Waals surface area (Å²) >= 11 is 3.69. The van der Waals surface area contributed by atoms with Gasteiger partial charge in [-0.15, -0.1) is 0 Å². The molecule has 3 aromatic rings. The number of rotatable bonds is 2. The van der Waals surface area contributed by atoms with Crippen LogP contribution in [0.4, 0.5) is 11.4 Å². The maximum absolute atomic E-state index is 4.95. The second-order valence-corrected chi connectivity index (χ2v) is 6.72. The van der Waals surface area contributed by atoms with Gasteiger partial charge in [-0.2, -0.15) is 0 Å². The van der Waals surface area contributed by atoms with Crippen LogP contribution in [0.15, 0.2) is 88.3 Å². The number of para-hydroxylation sites is 2. The monoisotopic (exact) mass is 376 g/mol. The van der Waals surface area contributed by atoms with E-state index in [4.69, 9.17) is 4.99 Å². The number of fused-ring (bicyclic) bond motifs is 1. The zero-order chi connectivity index (χ0) is 16.4. The lowest BCUT2D eigenvalue weighted by Crippen LogP contribution is -2.15. The third-order valence-corrected chi connectivity index (χ3v) is 5.00. The zero-order valence-electron chi connectivity index (χ0n) is 13.1. The van der Waals surface area contributed by atoms with Crippen LogP contribution in [-0.4, -0.2) is 5.71 Å². The Morgan fingerprint density at radius 1 is 0.833 bits per heavy atom. The highest BCUT2D eigenvalue weighted by atomic mass is 79.9. The van der Waals surface area contributed by atoms with Gasteiger partial charge >= 0.3 is 0 Å². The predicted molar refractivity (Wildman–Crippen MR) is 104 cm³/mol. The summed E-state index contributed by atoms with van der Waals surface area (Å²) in [5, 5.41) is 3.67. The molecule has 1 N–H and O–H groups in total. The molecule has 1 atom stereocenters. The number of nitrogens with one attached hydrogen (secondary N) is 1. The molecule has 1 heterocycles. The molecule has 0 bridgehead atoms. The second-order valence-electron chi connectivity index (χ2n) is 5.86. The van der Waals surface area contributed by atoms with E-state index < -0.39 is 0 Å². The summed E-state index contributed by atoms with van der Waals surface area (Å²) in [6.45, 7) is 0. The summed E-state index contributed by atoms with van der Waals surface area (Å²) in [6, 6.07) is 27.2. The van der Waals surface area contributed by atoms with Gasteiger partial charge < -0.3 is 5.32 Å². The van der Waals surface area contributed by atoms with Crippen LogP contribution in [0.25, 0.3) is 0 Å². The zero-order valence-corrected chi connectivity index (χ0v) is 14.7. The molecular formula is C21H17BrN2. The van der Waals surface area contributed by atoms with Crippen LogP contribution in [0.1, 0.15) is 23.6 Å². The van der Waals surface area contributed by atoms with Crippen LogP contribution in [0.5, 0.6) is 0 Å². The van der Waals surface area contributed by atoms with Gasteiger partial charge in [0.1, 0.15) is 0 Å². The van der Waals surface area contributed by atoms with E-state index in [2.05, 4.69) is 75.8 Å². The van der Waals surface area contributed by atoms with Crippen molar-refractivity contribution >= 4 is 33.0 Å². The largest absolute Gasteiger partial charge is 0.376 e. The number of hydrogen-bond donors (Lipinski definition) is 1. The normalized spacial score (nSPS) is 16.5. The SMILES string of the molecule is Brc1ccccc1[C@@H]1CC(c2ccccc2)=Nc2ccccc2N1. The van der Waals surface area contributed by atoms with E-state index in [1.165, 1.54) is 11.1 Å². The molecule has 0 radical (unpaired) electrons. The molecule has 0 amide bonds. The van der Waals surface area contributed by atoms with Gasteiger partial charge in [-0.05, 0) is 29.3 Å². The molecule has 118 valence electrons. The van der Waals surface area contributed by atoms with Gasteiger partial charge in [-0.25, -0.2) is 0 Å². The van der Waals surface area contributed by atoms with Crippen molar-refractivity contribution in [3.05, 3.63) is 94.5 Å². The van der Waals surface area contributed by atoms with E-state index in [1.54, 1.807) is 0 Å². The highest BCUT2D eigenvalue weighted by molar-refractivity contribution is 9.10. The lowest BCUT2D eigenvalue weighted by Gasteiger charge is -2.20. The van der Waals surface area contributed by atoms with Gasteiger partial charge in [0.25, 0.3) is 0 Å². The summed E-state index contributed by atoms with van der Waals surface area (Å²) in [7, 11) is 0. The second kappa shape index (κ2) is 6.62. The number of halogens is 1. The van der Waals surface area contributed by atoms with Crippen molar-refractivity contribution in [2.45, 2.75) is 12.5 Å². The average molecular weight is 377 g/mol. The number of benzene rings is 3. The van der Waals surface area contributed by atoms with Crippen LogP contribution in [0, 0.1) is 0 Å². The summed E-state index contributed by atoms with van der Waals surface area (Å²) in [5.41, 5.74) is 5.59. The molecule has 3 heteroatoms. The predicted octanol–water partition coefficient (Wildman–Crippen LogP) is 6.13. The minimum absolute atomic E-state index is 0.170. The van der Waals surface area contributed by atoms with Crippen LogP contribution < -0.4 is 5.32 Å². The van der Waals surface area contributed by atoms with Gasteiger partial charge in [0.15, 0.2) is 0 Å². The Balaban J connectivity index is 1.83. The van der Waals surface area contributed by atoms with Crippen molar-refractivity contribution < 1.29 is 0 Å². The molecule has 0 spiro atoms. The van der Waals surface area contributed by atoms with E-state index in [-0.39, 0.29) is 6.04 Å². The number of nitrogens with zero attached hydrogens (tertiary/aromatic N) is 1. The molecule has 1 aliphatic rings. The molecule has 1 aliphatic heterocycles. The van der Waals surface area contributed by atoms with Gasteiger partial charge in [-0.1, -0.05) is 76.6 Å². The fourth-order valence-corrected chi connectivity index (χ4v) is 3.64. The van der Waals surface area contributed by atoms with Crippen LogP contribution in [0.2, 0.25) is 0 Å². The van der Waals surface area contributed by atoms with Gasteiger partial charge in [0.05, 0.1) is 23.1 Å². The Morgan fingerprint density at radius 3 is 2.38 bits per heavy atom. The number of aliphatic imine (C=N–C) groups is 1. The van der Waals surface area contributed by atoms with E-state index >= 15 is 0 Å². The van der Waals surface area contributed by atoms with E-state index in [0.29, 0.717) is 0 Å². The van der Waals surface area contributed by atoms with Crippen molar-refractivity contribution in [1.29, 1.82) is 0 Å². The lowest BCUT2D eigenvalue weighted by atomic mass is 9.97. The van der Waals surface area contributed by atoms with Gasteiger partial charge in [0.2, 0.25) is 0 Å². The first kappa shape index (κ1) is 15.2. The molecule has 24 heavy (non-hydrogen) atoms. The number of hydrogen-bond acceptors (Lipinski definition) is 2. The molecule has 0 unspecified atom stereocenters. The molecule has 0 fully saturated rings. The van der Waals surface area contributed by atoms with Crippen molar-refractivity contribution in [1.82, 2.24) is 0 Å². The third-order valence-electron chi connectivity index (χ3n) is 4.27. The quantitative estimate of drug-likeness (QED) is 0.571. The molecule has 0 aromatic heterocycles. The highest BCUT2D eigenvalue weighted by Crippen LogP contribution is 2.37. The lowest BCUT2D eigenvalue weighted by molar-refractivity contribution is 0.824. The minimum atomic E-state index is 0.170. The molecule has 3 aromatic carbocycles. The van der Waals surface area contributed by atoms with Gasteiger partial charge in [0, 0.05) is 10.9 Å². The van der Waals surface area contributed by atoms with Crippen molar-refractivity contribution in [2.75, 3.05) is 5.32 Å². The molecule has 0 aliphatic carbocycles. The Morgan fingerprint density at radius 2 is 1.54 bits per heavy atom. The average Bonchev–Trinajstić information content (AvgIpc) is 2.82. The summed E-state index contributed by atoms with van der Waals surface area (Å²) < 4.78 is 1.12. The first-order chi connectivity index (χ1) is 11.8. The van der Waals surface area contributed by atoms with Crippen LogP contribution in [0.3, 0.4) is 0 Å². The Hall–Kier alpha value is -2.39. The smallest absolute Gasteiger partial charge is 0.0864 e. The highest BCUT2D eigenvalue weighted by Gasteiger charge is 2.22. The van der Waals surface area contributed by atoms with Crippen molar-refractivity contribution in [3.63, 3.8) is 0 Å². The molecule has 4 rings (SSSR count). The molecule has 2 nitrogen and oxygen atoms in total. The first-order valence-corrected chi connectivity index (χ1v) is 8.83. The van der Waals surface area contributed by atoms with E-state index in [0.717, 1.165) is 28.0 Å². The topological polar surface area (TPSA) is 24.4 Å². The molecule has 0 saturated heterocycles. The maximum atomic E-state index is 4.95. The molecule has 0 saturated carbocycles. The van der Waals surface area contributed by atoms with Crippen molar-refractivity contribution in [3.8, 4) is 0 Å². The Bertz CT molecular complexity index is 887. The fourth-order valence-electron chi connectivity index (χ4n) is 3.07. The Labute approximate surface area is 150 Å². The number of anilines is 1. The Kier molecular flexibility index (Phi) is 4.18. The minimum Gasteiger partial charge on any atom is -0.376 e.